The number of benzene rings is 1. The highest BCUT2D eigenvalue weighted by Crippen LogP contribution is 2.32. The van der Waals surface area contributed by atoms with Crippen LogP contribution in [0.1, 0.15) is 32.8 Å². The number of hydrogen-bond acceptors (Lipinski definition) is 6. The van der Waals surface area contributed by atoms with Gasteiger partial charge in [0.25, 0.3) is 5.91 Å². The molecule has 0 aromatic heterocycles. The predicted molar refractivity (Wildman–Crippen MR) is 109 cm³/mol. The van der Waals surface area contributed by atoms with E-state index in [1.807, 2.05) is 45.0 Å². The van der Waals surface area contributed by atoms with Gasteiger partial charge in [0, 0.05) is 24.6 Å². The molecule has 1 aliphatic rings. The molecule has 0 N–H and O–H groups in total. The second kappa shape index (κ2) is 9.52. The van der Waals surface area contributed by atoms with E-state index in [1.54, 1.807) is 25.9 Å². The molecule has 2 amide bonds. The van der Waals surface area contributed by atoms with E-state index in [4.69, 9.17) is 14.3 Å². The van der Waals surface area contributed by atoms with Crippen LogP contribution in [0.5, 0.6) is 5.75 Å². The van der Waals surface area contributed by atoms with Crippen LogP contribution < -0.4 is 4.74 Å². The van der Waals surface area contributed by atoms with E-state index in [0.717, 1.165) is 11.5 Å². The Morgan fingerprint density at radius 3 is 2.39 bits per heavy atom. The van der Waals surface area contributed by atoms with Crippen LogP contribution >= 0.6 is 11.8 Å². The van der Waals surface area contributed by atoms with Gasteiger partial charge in [0.2, 0.25) is 0 Å². The van der Waals surface area contributed by atoms with Gasteiger partial charge in [0.15, 0.2) is 0 Å². The molecule has 1 aromatic carbocycles. The van der Waals surface area contributed by atoms with E-state index in [2.05, 4.69) is 0 Å². The van der Waals surface area contributed by atoms with E-state index >= 15 is 0 Å². The third kappa shape index (κ3) is 6.04. The van der Waals surface area contributed by atoms with E-state index in [9.17, 15) is 9.59 Å². The summed E-state index contributed by atoms with van der Waals surface area (Å²) in [5.74, 6) is 1.36. The molecule has 0 aliphatic carbocycles. The molecular formula is C20H30N2O5S. The van der Waals surface area contributed by atoms with Crippen LogP contribution in [-0.4, -0.2) is 66.7 Å². The van der Waals surface area contributed by atoms with E-state index < -0.39 is 17.7 Å². The Kier molecular flexibility index (Phi) is 7.60. The molecule has 0 bridgehead atoms. The van der Waals surface area contributed by atoms with E-state index in [1.165, 1.54) is 22.6 Å². The summed E-state index contributed by atoms with van der Waals surface area (Å²) in [5, 5.41) is 1.30. The number of hydrogen-bond donors (Lipinski definition) is 0. The highest BCUT2D eigenvalue weighted by atomic mass is 32.2. The molecule has 1 fully saturated rings. The topological polar surface area (TPSA) is 68.3 Å². The van der Waals surface area contributed by atoms with Crippen molar-refractivity contribution < 1.29 is 23.9 Å². The van der Waals surface area contributed by atoms with Crippen LogP contribution in [0, 0.1) is 0 Å². The molecule has 2 atom stereocenters. The molecule has 1 aromatic rings. The maximum absolute atomic E-state index is 12.7. The van der Waals surface area contributed by atoms with E-state index in [-0.39, 0.29) is 11.2 Å². The number of likely N-dealkylation sites (N-methyl/N-ethyl adjacent to an activating group) is 1. The molecule has 0 spiro atoms. The minimum atomic E-state index is -0.619. The number of rotatable bonds is 6. The number of carbonyl (C=O) groups is 2. The molecule has 0 saturated carbocycles. The van der Waals surface area contributed by atoms with Crippen LogP contribution in [0.15, 0.2) is 24.3 Å². The lowest BCUT2D eigenvalue weighted by atomic mass is 10.2. The number of methoxy groups -OCH3 is 1. The third-order valence-electron chi connectivity index (χ3n) is 4.40. The van der Waals surface area contributed by atoms with Crippen molar-refractivity contribution in [1.29, 1.82) is 0 Å². The van der Waals surface area contributed by atoms with Crippen LogP contribution in [-0.2, 0) is 20.1 Å². The molecule has 156 valence electrons. The Balaban J connectivity index is 2.05. The average Bonchev–Trinajstić information content (AvgIpc) is 3.08. The highest BCUT2D eigenvalue weighted by Gasteiger charge is 2.42. The van der Waals surface area contributed by atoms with Gasteiger partial charge in [-0.3, -0.25) is 14.5 Å². The SMILES string of the molecule is COc1ccc(CSC2CC(C(=O)N(C)OC)N(C(=O)OC(C)(C)C)C2)cc1. The lowest BCUT2D eigenvalue weighted by Gasteiger charge is -2.29. The van der Waals surface area contributed by atoms with Gasteiger partial charge in [-0.05, 0) is 44.9 Å². The standard InChI is InChI=1S/C20H30N2O5S/c1-20(2,3)27-19(24)22-12-16(11-17(22)18(23)21(4)26-6)28-13-14-7-9-15(25-5)10-8-14/h7-10,16-17H,11-13H2,1-6H3. The molecule has 8 heteroatoms. The second-order valence-corrected chi connectivity index (χ2v) is 8.97. The normalized spacial score (nSPS) is 19.4. The van der Waals surface area contributed by atoms with Gasteiger partial charge in [-0.1, -0.05) is 12.1 Å². The fourth-order valence-corrected chi connectivity index (χ4v) is 4.12. The van der Waals surface area contributed by atoms with Gasteiger partial charge in [-0.2, -0.15) is 11.8 Å². The van der Waals surface area contributed by atoms with E-state index in [0.29, 0.717) is 13.0 Å². The Bertz CT molecular complexity index is 674. The fourth-order valence-electron chi connectivity index (χ4n) is 2.91. The van der Waals surface area contributed by atoms with Gasteiger partial charge in [0.05, 0.1) is 14.2 Å². The highest BCUT2D eigenvalue weighted by molar-refractivity contribution is 7.99. The molecule has 2 rings (SSSR count). The van der Waals surface area contributed by atoms with Gasteiger partial charge < -0.3 is 9.47 Å². The predicted octanol–water partition coefficient (Wildman–Crippen LogP) is 3.33. The lowest BCUT2D eigenvalue weighted by Crippen LogP contribution is -2.47. The van der Waals surface area contributed by atoms with Crippen molar-refractivity contribution in [3.05, 3.63) is 29.8 Å². The minimum absolute atomic E-state index is 0.133. The fraction of sp³-hybridized carbons (Fsp3) is 0.600. The van der Waals surface area contributed by atoms with Crippen LogP contribution in [0.3, 0.4) is 0 Å². The summed E-state index contributed by atoms with van der Waals surface area (Å²) in [5.41, 5.74) is 0.546. The molecule has 1 saturated heterocycles. The van der Waals surface area contributed by atoms with Crippen molar-refractivity contribution >= 4 is 23.8 Å². The number of carbonyl (C=O) groups excluding carboxylic acids is 2. The Hall–Kier alpha value is -1.93. The van der Waals surface area contributed by atoms with Gasteiger partial charge >= 0.3 is 6.09 Å². The number of nitrogens with zero attached hydrogens (tertiary/aromatic N) is 2. The van der Waals surface area contributed by atoms with Crippen molar-refractivity contribution in [2.45, 2.75) is 49.8 Å². The first-order valence-electron chi connectivity index (χ1n) is 9.20. The summed E-state index contributed by atoms with van der Waals surface area (Å²) < 4.78 is 10.7. The van der Waals surface area contributed by atoms with Gasteiger partial charge in [-0.25, -0.2) is 9.86 Å². The number of amides is 2. The third-order valence-corrected chi connectivity index (χ3v) is 5.72. The zero-order chi connectivity index (χ0) is 20.9. The van der Waals surface area contributed by atoms with Crippen molar-refractivity contribution in [3.8, 4) is 5.75 Å². The summed E-state index contributed by atoms with van der Waals surface area (Å²) in [6.07, 6.45) is 0.0926. The zero-order valence-electron chi connectivity index (χ0n) is 17.4. The summed E-state index contributed by atoms with van der Waals surface area (Å²) in [4.78, 5) is 31.9. The number of ether oxygens (including phenoxy) is 2. The van der Waals surface area contributed by atoms with Crippen molar-refractivity contribution in [3.63, 3.8) is 0 Å². The lowest BCUT2D eigenvalue weighted by molar-refractivity contribution is -0.173. The Morgan fingerprint density at radius 1 is 1.21 bits per heavy atom. The maximum atomic E-state index is 12.7. The van der Waals surface area contributed by atoms with Crippen molar-refractivity contribution in [2.24, 2.45) is 0 Å². The molecular weight excluding hydrogens is 380 g/mol. The quantitative estimate of drug-likeness (QED) is 0.670. The molecule has 7 nitrogen and oxygen atoms in total. The molecule has 1 heterocycles. The molecule has 2 unspecified atom stereocenters. The first-order valence-corrected chi connectivity index (χ1v) is 10.3. The largest absolute Gasteiger partial charge is 0.497 e. The van der Waals surface area contributed by atoms with Crippen LogP contribution in [0.25, 0.3) is 0 Å². The smallest absolute Gasteiger partial charge is 0.411 e. The zero-order valence-corrected chi connectivity index (χ0v) is 18.2. The van der Waals surface area contributed by atoms with Gasteiger partial charge in [-0.15, -0.1) is 0 Å². The van der Waals surface area contributed by atoms with Crippen molar-refractivity contribution in [1.82, 2.24) is 9.96 Å². The second-order valence-electron chi connectivity index (χ2n) is 7.68. The Labute approximate surface area is 171 Å². The van der Waals surface area contributed by atoms with Crippen LogP contribution in [0.2, 0.25) is 0 Å². The minimum Gasteiger partial charge on any atom is -0.497 e. The first-order chi connectivity index (χ1) is 13.1. The monoisotopic (exact) mass is 410 g/mol. The molecule has 1 aliphatic heterocycles. The van der Waals surface area contributed by atoms with Gasteiger partial charge in [0.1, 0.15) is 17.4 Å². The summed E-state index contributed by atoms with van der Waals surface area (Å²) in [6, 6.07) is 7.31. The summed E-state index contributed by atoms with van der Waals surface area (Å²) in [7, 11) is 4.62. The first kappa shape index (κ1) is 22.4. The van der Waals surface area contributed by atoms with Crippen molar-refractivity contribution in [2.75, 3.05) is 27.8 Å². The maximum Gasteiger partial charge on any atom is 0.411 e. The number of hydroxylamine groups is 2. The number of thioether (sulfide) groups is 1. The molecule has 0 radical (unpaired) electrons. The molecule has 28 heavy (non-hydrogen) atoms. The number of likely N-dealkylation sites (tertiary alicyclic amines) is 1. The average molecular weight is 411 g/mol. The Morgan fingerprint density at radius 2 is 1.86 bits per heavy atom. The van der Waals surface area contributed by atoms with Crippen LogP contribution in [0.4, 0.5) is 4.79 Å². The summed E-state index contributed by atoms with van der Waals surface area (Å²) in [6.45, 7) is 5.91. The summed E-state index contributed by atoms with van der Waals surface area (Å²) >= 11 is 1.73.